The van der Waals surface area contributed by atoms with Gasteiger partial charge in [0.25, 0.3) is 5.91 Å². The first kappa shape index (κ1) is 21.4. The lowest BCUT2D eigenvalue weighted by molar-refractivity contribution is 0.0948. The summed E-state index contributed by atoms with van der Waals surface area (Å²) in [6, 6.07) is 15.9. The Balaban J connectivity index is 1.42. The molecule has 1 fully saturated rings. The summed E-state index contributed by atoms with van der Waals surface area (Å²) in [4.78, 5) is 22.9. The van der Waals surface area contributed by atoms with Gasteiger partial charge >= 0.3 is 0 Å². The second-order valence-corrected chi connectivity index (χ2v) is 8.63. The Morgan fingerprint density at radius 3 is 2.61 bits per heavy atom. The van der Waals surface area contributed by atoms with Crippen LogP contribution in [0.2, 0.25) is 0 Å². The Hall–Kier alpha value is -2.84. The molecule has 0 bridgehead atoms. The first-order valence-electron chi connectivity index (χ1n) is 10.4. The molecule has 7 nitrogen and oxygen atoms in total. The fourth-order valence-corrected chi connectivity index (χ4v) is 4.50. The van der Waals surface area contributed by atoms with Crippen molar-refractivity contribution in [3.8, 4) is 0 Å². The van der Waals surface area contributed by atoms with Gasteiger partial charge in [-0.15, -0.1) is 11.8 Å². The van der Waals surface area contributed by atoms with Crippen LogP contribution in [-0.2, 0) is 12.3 Å². The highest BCUT2D eigenvalue weighted by Crippen LogP contribution is 2.26. The minimum absolute atomic E-state index is 0.0828. The van der Waals surface area contributed by atoms with Crippen LogP contribution in [-0.4, -0.2) is 54.2 Å². The summed E-state index contributed by atoms with van der Waals surface area (Å²) in [7, 11) is 2.15. The molecule has 0 aliphatic carbocycles. The monoisotopic (exact) mass is 437 g/mol. The van der Waals surface area contributed by atoms with Crippen LogP contribution in [0.15, 0.2) is 57.9 Å². The molecular formula is C23H27N5O2S. The number of hydrogen-bond donors (Lipinski definition) is 1. The fourth-order valence-electron chi connectivity index (χ4n) is 3.61. The number of nitrogens with one attached hydrogen (secondary N) is 1. The first-order chi connectivity index (χ1) is 15.1. The SMILES string of the molecule is Cc1nc(CSc2ccccc2C(=O)NCc2ccccc2N2CCN(C)CC2)no1. The molecule has 2 heterocycles. The van der Waals surface area contributed by atoms with E-state index in [1.807, 2.05) is 30.3 Å². The number of carbonyl (C=O) groups excluding carboxylic acids is 1. The number of para-hydroxylation sites is 1. The van der Waals surface area contributed by atoms with Crippen LogP contribution in [0.5, 0.6) is 0 Å². The maximum absolute atomic E-state index is 13.0. The van der Waals surface area contributed by atoms with E-state index in [9.17, 15) is 4.79 Å². The maximum Gasteiger partial charge on any atom is 0.252 e. The van der Waals surface area contributed by atoms with Crippen molar-refractivity contribution in [1.82, 2.24) is 20.4 Å². The molecule has 1 aliphatic rings. The number of rotatable bonds is 7. The number of nitrogens with zero attached hydrogens (tertiary/aromatic N) is 4. The van der Waals surface area contributed by atoms with E-state index in [0.717, 1.165) is 36.6 Å². The highest BCUT2D eigenvalue weighted by molar-refractivity contribution is 7.98. The molecule has 162 valence electrons. The van der Waals surface area contributed by atoms with Crippen LogP contribution < -0.4 is 10.2 Å². The van der Waals surface area contributed by atoms with Gasteiger partial charge in [-0.3, -0.25) is 4.79 Å². The number of hydrogen-bond acceptors (Lipinski definition) is 7. The predicted octanol–water partition coefficient (Wildman–Crippen LogP) is 3.35. The number of aryl methyl sites for hydroxylation is 1. The average Bonchev–Trinajstić information content (AvgIpc) is 3.22. The van der Waals surface area contributed by atoms with Gasteiger partial charge in [0.05, 0.1) is 11.3 Å². The van der Waals surface area contributed by atoms with Crippen LogP contribution in [0, 0.1) is 6.92 Å². The van der Waals surface area contributed by atoms with Crippen LogP contribution >= 0.6 is 11.8 Å². The van der Waals surface area contributed by atoms with Crippen LogP contribution in [0.3, 0.4) is 0 Å². The van der Waals surface area contributed by atoms with E-state index in [4.69, 9.17) is 4.52 Å². The summed E-state index contributed by atoms with van der Waals surface area (Å²) in [5.74, 6) is 1.63. The lowest BCUT2D eigenvalue weighted by Crippen LogP contribution is -2.45. The first-order valence-corrected chi connectivity index (χ1v) is 11.4. The highest BCUT2D eigenvalue weighted by atomic mass is 32.2. The minimum atomic E-state index is -0.0828. The maximum atomic E-state index is 13.0. The normalized spacial score (nSPS) is 14.6. The van der Waals surface area contributed by atoms with Gasteiger partial charge in [-0.05, 0) is 30.8 Å². The molecule has 4 rings (SSSR count). The summed E-state index contributed by atoms with van der Waals surface area (Å²) in [5.41, 5.74) is 2.99. The van der Waals surface area contributed by atoms with E-state index in [0.29, 0.717) is 29.6 Å². The molecule has 0 saturated carbocycles. The van der Waals surface area contributed by atoms with Gasteiger partial charge in [-0.1, -0.05) is 35.5 Å². The van der Waals surface area contributed by atoms with E-state index in [1.54, 1.807) is 6.92 Å². The number of amides is 1. The topological polar surface area (TPSA) is 74.5 Å². The number of anilines is 1. The second-order valence-electron chi connectivity index (χ2n) is 7.62. The number of carbonyl (C=O) groups is 1. The molecule has 0 spiro atoms. The van der Waals surface area contributed by atoms with E-state index >= 15 is 0 Å². The molecule has 0 atom stereocenters. The zero-order chi connectivity index (χ0) is 21.6. The third-order valence-electron chi connectivity index (χ3n) is 5.33. The van der Waals surface area contributed by atoms with Gasteiger partial charge in [0, 0.05) is 50.2 Å². The van der Waals surface area contributed by atoms with Crippen molar-refractivity contribution in [1.29, 1.82) is 0 Å². The molecule has 0 unspecified atom stereocenters. The summed E-state index contributed by atoms with van der Waals surface area (Å²) in [6.07, 6.45) is 0. The third-order valence-corrected chi connectivity index (χ3v) is 6.40. The number of likely N-dealkylation sites (N-methyl/N-ethyl adjacent to an activating group) is 1. The molecule has 3 aromatic rings. The summed E-state index contributed by atoms with van der Waals surface area (Å²) in [6.45, 7) is 6.34. The van der Waals surface area contributed by atoms with Crippen molar-refractivity contribution in [2.24, 2.45) is 0 Å². The molecule has 2 aromatic carbocycles. The van der Waals surface area contributed by atoms with Gasteiger partial charge < -0.3 is 19.6 Å². The Kier molecular flexibility index (Phi) is 6.89. The van der Waals surface area contributed by atoms with E-state index in [-0.39, 0.29) is 5.91 Å². The zero-order valence-corrected chi connectivity index (χ0v) is 18.7. The predicted molar refractivity (Wildman–Crippen MR) is 122 cm³/mol. The number of piperazine rings is 1. The lowest BCUT2D eigenvalue weighted by atomic mass is 10.1. The molecule has 0 radical (unpaired) electrons. The van der Waals surface area contributed by atoms with Crippen molar-refractivity contribution < 1.29 is 9.32 Å². The molecule has 1 amide bonds. The average molecular weight is 438 g/mol. The Labute approximate surface area is 186 Å². The zero-order valence-electron chi connectivity index (χ0n) is 17.9. The standard InChI is InChI=1S/C23H27N5O2S/c1-17-25-22(26-30-17)16-31-21-10-6-4-8-19(21)23(29)24-15-18-7-3-5-9-20(18)28-13-11-27(2)12-14-28/h3-10H,11-16H2,1-2H3,(H,24,29). The van der Waals surface area contributed by atoms with Crippen molar-refractivity contribution in [2.45, 2.75) is 24.1 Å². The van der Waals surface area contributed by atoms with Crippen LogP contribution in [0.4, 0.5) is 5.69 Å². The Morgan fingerprint density at radius 2 is 1.84 bits per heavy atom. The summed E-state index contributed by atoms with van der Waals surface area (Å²) < 4.78 is 5.02. The van der Waals surface area contributed by atoms with E-state index in [1.165, 1.54) is 17.4 Å². The van der Waals surface area contributed by atoms with Gasteiger partial charge in [0.2, 0.25) is 5.89 Å². The molecule has 1 aromatic heterocycles. The smallest absolute Gasteiger partial charge is 0.252 e. The Morgan fingerprint density at radius 1 is 1.10 bits per heavy atom. The van der Waals surface area contributed by atoms with Gasteiger partial charge in [-0.2, -0.15) is 4.98 Å². The molecular weight excluding hydrogens is 410 g/mol. The molecule has 8 heteroatoms. The number of aromatic nitrogens is 2. The van der Waals surface area contributed by atoms with Crippen molar-refractivity contribution >= 4 is 23.4 Å². The van der Waals surface area contributed by atoms with Crippen molar-refractivity contribution in [3.63, 3.8) is 0 Å². The van der Waals surface area contributed by atoms with Gasteiger partial charge in [0.1, 0.15) is 0 Å². The molecule has 1 saturated heterocycles. The molecule has 1 aliphatic heterocycles. The Bertz CT molecular complexity index is 1030. The highest BCUT2D eigenvalue weighted by Gasteiger charge is 2.18. The lowest BCUT2D eigenvalue weighted by Gasteiger charge is -2.35. The number of benzene rings is 2. The van der Waals surface area contributed by atoms with Gasteiger partial charge in [0.15, 0.2) is 5.82 Å². The summed E-state index contributed by atoms with van der Waals surface area (Å²) >= 11 is 1.53. The summed E-state index contributed by atoms with van der Waals surface area (Å²) in [5, 5.41) is 7.03. The van der Waals surface area contributed by atoms with Crippen molar-refractivity contribution in [3.05, 3.63) is 71.4 Å². The van der Waals surface area contributed by atoms with Crippen LogP contribution in [0.25, 0.3) is 0 Å². The minimum Gasteiger partial charge on any atom is -0.369 e. The van der Waals surface area contributed by atoms with E-state index in [2.05, 4.69) is 50.5 Å². The van der Waals surface area contributed by atoms with Crippen LogP contribution in [0.1, 0.15) is 27.6 Å². The van der Waals surface area contributed by atoms with Crippen molar-refractivity contribution in [2.75, 3.05) is 38.1 Å². The molecule has 1 N–H and O–H groups in total. The van der Waals surface area contributed by atoms with Gasteiger partial charge in [-0.25, -0.2) is 0 Å². The van der Waals surface area contributed by atoms with E-state index < -0.39 is 0 Å². The second kappa shape index (κ2) is 9.98. The quantitative estimate of drug-likeness (QED) is 0.568. The molecule has 31 heavy (non-hydrogen) atoms. The largest absolute Gasteiger partial charge is 0.369 e. The number of thioether (sulfide) groups is 1. The third kappa shape index (κ3) is 5.45. The fraction of sp³-hybridized carbons (Fsp3) is 0.348.